The van der Waals surface area contributed by atoms with Crippen LogP contribution in [0.25, 0.3) is 0 Å². The zero-order valence-electron chi connectivity index (χ0n) is 6.48. The Kier molecular flexibility index (Phi) is 2.15. The van der Waals surface area contributed by atoms with Crippen molar-refractivity contribution in [2.45, 2.75) is 18.9 Å². The van der Waals surface area contributed by atoms with Crippen molar-refractivity contribution < 1.29 is 0 Å². The van der Waals surface area contributed by atoms with Gasteiger partial charge in [0, 0.05) is 10.5 Å². The third-order valence-electron chi connectivity index (χ3n) is 2.34. The average Bonchev–Trinajstić information content (AvgIpc) is 2.41. The van der Waals surface area contributed by atoms with Crippen LogP contribution in [0.5, 0.6) is 0 Å². The number of hydrogen-bond acceptors (Lipinski definition) is 1. The van der Waals surface area contributed by atoms with Crippen LogP contribution in [0, 0.1) is 0 Å². The molecule has 0 aromatic heterocycles. The number of fused-ring (bicyclic) bond motifs is 1. The van der Waals surface area contributed by atoms with Gasteiger partial charge in [-0.05, 0) is 46.0 Å². The average molecular weight is 247 g/mol. The Hall–Kier alpha value is -0.0500. The summed E-state index contributed by atoms with van der Waals surface area (Å²) < 4.78 is 0.969. The van der Waals surface area contributed by atoms with Crippen LogP contribution in [-0.4, -0.2) is 0 Å². The Morgan fingerprint density at radius 1 is 1.50 bits per heavy atom. The van der Waals surface area contributed by atoms with Crippen molar-refractivity contribution in [3.8, 4) is 0 Å². The van der Waals surface area contributed by atoms with E-state index in [1.54, 1.807) is 0 Å². The molecule has 2 rings (SSSR count). The lowest BCUT2D eigenvalue weighted by atomic mass is 10.1. The standard InChI is InChI=1S/C9H9BrClN/c10-7-3-1-5-6(9(7)11)2-4-8(5)12/h1,3,8H,2,4,12H2/t8-/m1/s1. The predicted molar refractivity (Wildman–Crippen MR) is 54.4 cm³/mol. The molecule has 0 amide bonds. The lowest BCUT2D eigenvalue weighted by Gasteiger charge is -2.06. The van der Waals surface area contributed by atoms with E-state index in [0.717, 1.165) is 22.3 Å². The zero-order chi connectivity index (χ0) is 8.72. The van der Waals surface area contributed by atoms with Crippen LogP contribution in [0.4, 0.5) is 0 Å². The van der Waals surface area contributed by atoms with Gasteiger partial charge in [0.15, 0.2) is 0 Å². The molecule has 64 valence electrons. The lowest BCUT2D eigenvalue weighted by Crippen LogP contribution is -2.04. The summed E-state index contributed by atoms with van der Waals surface area (Å²) in [5.41, 5.74) is 8.32. The molecule has 1 aromatic carbocycles. The third kappa shape index (κ3) is 1.18. The molecule has 1 aromatic rings. The van der Waals surface area contributed by atoms with Crippen LogP contribution < -0.4 is 5.73 Å². The minimum Gasteiger partial charge on any atom is -0.324 e. The van der Waals surface area contributed by atoms with Crippen LogP contribution >= 0.6 is 27.5 Å². The summed E-state index contributed by atoms with van der Waals surface area (Å²) in [6.45, 7) is 0. The van der Waals surface area contributed by atoms with E-state index in [0.29, 0.717) is 0 Å². The largest absolute Gasteiger partial charge is 0.324 e. The summed E-state index contributed by atoms with van der Waals surface area (Å²) >= 11 is 9.50. The molecular weight excluding hydrogens is 237 g/mol. The van der Waals surface area contributed by atoms with Gasteiger partial charge in [0.25, 0.3) is 0 Å². The van der Waals surface area contributed by atoms with E-state index < -0.39 is 0 Å². The van der Waals surface area contributed by atoms with Crippen LogP contribution in [0.1, 0.15) is 23.6 Å². The number of nitrogens with two attached hydrogens (primary N) is 1. The van der Waals surface area contributed by atoms with Gasteiger partial charge in [0.1, 0.15) is 0 Å². The molecule has 0 unspecified atom stereocenters. The second-order valence-electron chi connectivity index (χ2n) is 3.07. The van der Waals surface area contributed by atoms with Crippen molar-refractivity contribution in [2.24, 2.45) is 5.73 Å². The van der Waals surface area contributed by atoms with Crippen molar-refractivity contribution in [2.75, 3.05) is 0 Å². The molecule has 1 atom stereocenters. The molecule has 0 bridgehead atoms. The van der Waals surface area contributed by atoms with Gasteiger partial charge >= 0.3 is 0 Å². The maximum Gasteiger partial charge on any atom is 0.0583 e. The summed E-state index contributed by atoms with van der Waals surface area (Å²) in [7, 11) is 0. The van der Waals surface area contributed by atoms with Gasteiger partial charge in [-0.3, -0.25) is 0 Å². The minimum absolute atomic E-state index is 0.186. The molecular formula is C9H9BrClN. The highest BCUT2D eigenvalue weighted by Gasteiger charge is 2.21. The minimum atomic E-state index is 0.186. The molecule has 1 aliphatic rings. The van der Waals surface area contributed by atoms with E-state index in [4.69, 9.17) is 17.3 Å². The monoisotopic (exact) mass is 245 g/mol. The van der Waals surface area contributed by atoms with E-state index in [2.05, 4.69) is 22.0 Å². The highest BCUT2D eigenvalue weighted by molar-refractivity contribution is 9.10. The first-order valence-corrected chi connectivity index (χ1v) is 5.09. The van der Waals surface area contributed by atoms with Crippen molar-refractivity contribution in [3.05, 3.63) is 32.8 Å². The van der Waals surface area contributed by atoms with Crippen LogP contribution in [0.2, 0.25) is 5.02 Å². The number of halogens is 2. The molecule has 0 heterocycles. The van der Waals surface area contributed by atoms with Gasteiger partial charge in [0.2, 0.25) is 0 Å². The van der Waals surface area contributed by atoms with Crippen molar-refractivity contribution in [3.63, 3.8) is 0 Å². The highest BCUT2D eigenvalue weighted by atomic mass is 79.9. The van der Waals surface area contributed by atoms with Crippen molar-refractivity contribution in [1.29, 1.82) is 0 Å². The summed E-state index contributed by atoms with van der Waals surface area (Å²) in [5.74, 6) is 0. The Morgan fingerprint density at radius 3 is 3.00 bits per heavy atom. The number of rotatable bonds is 0. The fourth-order valence-corrected chi connectivity index (χ4v) is 2.30. The highest BCUT2D eigenvalue weighted by Crippen LogP contribution is 2.37. The normalized spacial score (nSPS) is 21.1. The summed E-state index contributed by atoms with van der Waals surface area (Å²) in [4.78, 5) is 0. The first-order valence-electron chi connectivity index (χ1n) is 3.92. The first kappa shape index (κ1) is 8.54. The molecule has 0 spiro atoms. The van der Waals surface area contributed by atoms with Crippen LogP contribution in [0.15, 0.2) is 16.6 Å². The zero-order valence-corrected chi connectivity index (χ0v) is 8.82. The van der Waals surface area contributed by atoms with Gasteiger partial charge in [-0.2, -0.15) is 0 Å². The number of benzene rings is 1. The van der Waals surface area contributed by atoms with Gasteiger partial charge in [-0.1, -0.05) is 17.7 Å². The van der Waals surface area contributed by atoms with E-state index in [1.165, 1.54) is 11.1 Å². The molecule has 0 radical (unpaired) electrons. The quantitative estimate of drug-likeness (QED) is 0.748. The maximum atomic E-state index is 6.10. The van der Waals surface area contributed by atoms with E-state index in [-0.39, 0.29) is 6.04 Å². The van der Waals surface area contributed by atoms with Crippen LogP contribution in [0.3, 0.4) is 0 Å². The predicted octanol–water partition coefficient (Wildman–Crippen LogP) is 3.05. The van der Waals surface area contributed by atoms with Crippen LogP contribution in [-0.2, 0) is 6.42 Å². The van der Waals surface area contributed by atoms with Gasteiger partial charge in [-0.25, -0.2) is 0 Å². The molecule has 0 fully saturated rings. The first-order chi connectivity index (χ1) is 5.70. The van der Waals surface area contributed by atoms with E-state index in [1.807, 2.05) is 6.07 Å². The summed E-state index contributed by atoms with van der Waals surface area (Å²) in [5, 5.41) is 0.834. The molecule has 12 heavy (non-hydrogen) atoms. The molecule has 1 nitrogen and oxygen atoms in total. The molecule has 1 aliphatic carbocycles. The fourth-order valence-electron chi connectivity index (χ4n) is 1.66. The van der Waals surface area contributed by atoms with Gasteiger partial charge in [0.05, 0.1) is 5.02 Å². The number of hydrogen-bond donors (Lipinski definition) is 1. The maximum absolute atomic E-state index is 6.10. The molecule has 3 heteroatoms. The molecule has 2 N–H and O–H groups in total. The van der Waals surface area contributed by atoms with E-state index >= 15 is 0 Å². The Labute approximate surface area is 85.0 Å². The smallest absolute Gasteiger partial charge is 0.0583 e. The van der Waals surface area contributed by atoms with Gasteiger partial charge < -0.3 is 5.73 Å². The Bertz CT molecular complexity index is 325. The topological polar surface area (TPSA) is 26.0 Å². The van der Waals surface area contributed by atoms with Gasteiger partial charge in [-0.15, -0.1) is 0 Å². The second kappa shape index (κ2) is 3.02. The summed E-state index contributed by atoms with van der Waals surface area (Å²) in [6.07, 6.45) is 2.03. The van der Waals surface area contributed by atoms with E-state index in [9.17, 15) is 0 Å². The molecule has 0 saturated heterocycles. The van der Waals surface area contributed by atoms with Crippen molar-refractivity contribution >= 4 is 27.5 Å². The SMILES string of the molecule is N[C@@H]1CCc2c1ccc(Br)c2Cl. The Balaban J connectivity index is 2.60. The third-order valence-corrected chi connectivity index (χ3v) is 3.66. The fraction of sp³-hybridized carbons (Fsp3) is 0.333. The van der Waals surface area contributed by atoms with Crippen molar-refractivity contribution in [1.82, 2.24) is 0 Å². The lowest BCUT2D eigenvalue weighted by molar-refractivity contribution is 0.713. The Morgan fingerprint density at radius 2 is 2.25 bits per heavy atom. The summed E-state index contributed by atoms with van der Waals surface area (Å²) in [6, 6.07) is 4.21. The molecule has 0 aliphatic heterocycles. The molecule has 0 saturated carbocycles. The second-order valence-corrected chi connectivity index (χ2v) is 4.31.